The summed E-state index contributed by atoms with van der Waals surface area (Å²) in [6.07, 6.45) is -3.53. The van der Waals surface area contributed by atoms with E-state index in [4.69, 9.17) is 0 Å². The molecule has 1 aromatic carbocycles. The minimum Gasteiger partial charge on any atom is -0.303 e. The van der Waals surface area contributed by atoms with E-state index in [9.17, 15) is 18.0 Å². The number of carbonyl (C=O) groups is 1. The Morgan fingerprint density at radius 1 is 1.24 bits per heavy atom. The summed E-state index contributed by atoms with van der Waals surface area (Å²) in [5.74, 6) is -0.258. The largest absolute Gasteiger partial charge is 0.416 e. The van der Waals surface area contributed by atoms with Gasteiger partial charge in [0, 0.05) is 12.5 Å². The van der Waals surface area contributed by atoms with E-state index in [2.05, 4.69) is 10.9 Å². The Hall–Kier alpha value is -1.40. The lowest BCUT2D eigenvalue weighted by Crippen LogP contribution is -2.25. The molecule has 1 heterocycles. The average Bonchev–Trinajstić information content (AvgIpc) is 2.76. The van der Waals surface area contributed by atoms with Gasteiger partial charge in [-0.25, -0.2) is 5.43 Å². The first-order valence-electron chi connectivity index (χ1n) is 5.13. The highest BCUT2D eigenvalue weighted by molar-refractivity contribution is 5.57. The predicted molar refractivity (Wildman–Crippen MR) is 54.9 cm³/mol. The zero-order chi connectivity index (χ0) is 12.5. The van der Waals surface area contributed by atoms with Crippen molar-refractivity contribution in [3.8, 4) is 0 Å². The zero-order valence-corrected chi connectivity index (χ0v) is 8.79. The molecule has 0 saturated carbocycles. The zero-order valence-electron chi connectivity index (χ0n) is 8.79. The Bertz CT molecular complexity index is 402. The first-order chi connectivity index (χ1) is 8.02. The SMILES string of the molecule is O=CC1CNNC1c1ccc(C(F)(F)F)cc1. The summed E-state index contributed by atoms with van der Waals surface area (Å²) < 4.78 is 37.1. The highest BCUT2D eigenvalue weighted by Gasteiger charge is 2.32. The lowest BCUT2D eigenvalue weighted by Gasteiger charge is -2.15. The topological polar surface area (TPSA) is 41.1 Å². The van der Waals surface area contributed by atoms with E-state index in [1.807, 2.05) is 0 Å². The van der Waals surface area contributed by atoms with E-state index < -0.39 is 11.7 Å². The number of halogens is 3. The molecule has 0 radical (unpaired) electrons. The van der Waals surface area contributed by atoms with Crippen molar-refractivity contribution >= 4 is 6.29 Å². The minimum absolute atomic E-state index is 0.258. The maximum Gasteiger partial charge on any atom is 0.416 e. The second-order valence-corrected chi connectivity index (χ2v) is 3.92. The van der Waals surface area contributed by atoms with Crippen LogP contribution in [-0.4, -0.2) is 12.8 Å². The Labute approximate surface area is 96.0 Å². The molecule has 1 aromatic rings. The second-order valence-electron chi connectivity index (χ2n) is 3.92. The maximum atomic E-state index is 12.4. The first-order valence-corrected chi connectivity index (χ1v) is 5.13. The standard InChI is InChI=1S/C11H11F3N2O/c12-11(13,14)9-3-1-7(2-4-9)10-8(6-17)5-15-16-10/h1-4,6,8,10,15-16H,5H2. The van der Waals surface area contributed by atoms with Crippen LogP contribution in [0.3, 0.4) is 0 Å². The second kappa shape index (κ2) is 4.46. The van der Waals surface area contributed by atoms with Gasteiger partial charge in [-0.15, -0.1) is 0 Å². The van der Waals surface area contributed by atoms with Gasteiger partial charge >= 0.3 is 6.18 Å². The van der Waals surface area contributed by atoms with Gasteiger partial charge in [-0.2, -0.15) is 13.2 Å². The fraction of sp³-hybridized carbons (Fsp3) is 0.364. The van der Waals surface area contributed by atoms with Crippen LogP contribution in [0.5, 0.6) is 0 Å². The molecule has 2 atom stereocenters. The van der Waals surface area contributed by atoms with Crippen molar-refractivity contribution in [2.45, 2.75) is 12.2 Å². The molecule has 0 spiro atoms. The van der Waals surface area contributed by atoms with Gasteiger partial charge < -0.3 is 4.79 Å². The summed E-state index contributed by atoms with van der Waals surface area (Å²) in [6, 6.07) is 4.57. The van der Waals surface area contributed by atoms with Crippen molar-refractivity contribution in [2.75, 3.05) is 6.54 Å². The summed E-state index contributed by atoms with van der Waals surface area (Å²) in [5.41, 5.74) is 5.66. The Kier molecular flexibility index (Phi) is 3.17. The quantitative estimate of drug-likeness (QED) is 0.777. The van der Waals surface area contributed by atoms with Crippen molar-refractivity contribution < 1.29 is 18.0 Å². The smallest absolute Gasteiger partial charge is 0.303 e. The summed E-state index contributed by atoms with van der Waals surface area (Å²) in [4.78, 5) is 10.8. The molecule has 0 aliphatic carbocycles. The van der Waals surface area contributed by atoms with Crippen LogP contribution in [0, 0.1) is 5.92 Å². The van der Waals surface area contributed by atoms with Gasteiger partial charge in [-0.3, -0.25) is 5.43 Å². The van der Waals surface area contributed by atoms with Gasteiger partial charge in [0.1, 0.15) is 6.29 Å². The van der Waals surface area contributed by atoms with Crippen LogP contribution >= 0.6 is 0 Å². The molecule has 0 aromatic heterocycles. The molecule has 17 heavy (non-hydrogen) atoms. The van der Waals surface area contributed by atoms with Gasteiger partial charge in [0.05, 0.1) is 11.6 Å². The highest BCUT2D eigenvalue weighted by Crippen LogP contribution is 2.31. The summed E-state index contributed by atoms with van der Waals surface area (Å²) >= 11 is 0. The lowest BCUT2D eigenvalue weighted by atomic mass is 9.95. The molecule has 2 unspecified atom stereocenters. The number of alkyl halides is 3. The fourth-order valence-corrected chi connectivity index (χ4v) is 1.85. The van der Waals surface area contributed by atoms with Gasteiger partial charge in [0.2, 0.25) is 0 Å². The van der Waals surface area contributed by atoms with Crippen LogP contribution in [0.4, 0.5) is 13.2 Å². The molecular formula is C11H11F3N2O. The molecule has 1 fully saturated rings. The third kappa shape index (κ3) is 2.48. The lowest BCUT2D eigenvalue weighted by molar-refractivity contribution is -0.137. The number of nitrogens with one attached hydrogen (secondary N) is 2. The van der Waals surface area contributed by atoms with E-state index in [0.717, 1.165) is 18.4 Å². The van der Waals surface area contributed by atoms with E-state index >= 15 is 0 Å². The number of benzene rings is 1. The normalized spacial score (nSPS) is 24.9. The maximum absolute atomic E-state index is 12.4. The molecule has 1 saturated heterocycles. The average molecular weight is 244 g/mol. The molecule has 6 heteroatoms. The van der Waals surface area contributed by atoms with Crippen LogP contribution in [0.15, 0.2) is 24.3 Å². The Balaban J connectivity index is 2.21. The number of hydrogen-bond donors (Lipinski definition) is 2. The van der Waals surface area contributed by atoms with Crippen LogP contribution in [0.2, 0.25) is 0 Å². The van der Waals surface area contributed by atoms with Gasteiger partial charge in [0.25, 0.3) is 0 Å². The van der Waals surface area contributed by atoms with Crippen LogP contribution in [-0.2, 0) is 11.0 Å². The molecule has 3 nitrogen and oxygen atoms in total. The van der Waals surface area contributed by atoms with Crippen molar-refractivity contribution in [3.63, 3.8) is 0 Å². The monoisotopic (exact) mass is 244 g/mol. The first kappa shape index (κ1) is 12.1. The van der Waals surface area contributed by atoms with E-state index in [1.165, 1.54) is 12.1 Å². The molecule has 1 aliphatic heterocycles. The fourth-order valence-electron chi connectivity index (χ4n) is 1.85. The van der Waals surface area contributed by atoms with Crippen LogP contribution in [0.25, 0.3) is 0 Å². The number of carbonyl (C=O) groups excluding carboxylic acids is 1. The Morgan fingerprint density at radius 2 is 1.88 bits per heavy atom. The van der Waals surface area contributed by atoms with Gasteiger partial charge in [0.15, 0.2) is 0 Å². The third-order valence-corrected chi connectivity index (χ3v) is 2.80. The van der Waals surface area contributed by atoms with E-state index in [0.29, 0.717) is 12.1 Å². The minimum atomic E-state index is -4.33. The summed E-state index contributed by atoms with van der Waals surface area (Å²) in [7, 11) is 0. The van der Waals surface area contributed by atoms with Crippen molar-refractivity contribution in [3.05, 3.63) is 35.4 Å². The van der Waals surface area contributed by atoms with Gasteiger partial charge in [-0.1, -0.05) is 12.1 Å². The van der Waals surface area contributed by atoms with Crippen molar-refractivity contribution in [1.29, 1.82) is 0 Å². The summed E-state index contributed by atoms with van der Waals surface area (Å²) in [6.45, 7) is 0.481. The molecular weight excluding hydrogens is 233 g/mol. The number of rotatable bonds is 2. The molecule has 2 N–H and O–H groups in total. The predicted octanol–water partition coefficient (Wildman–Crippen LogP) is 1.67. The van der Waals surface area contributed by atoms with E-state index in [1.54, 1.807) is 0 Å². The number of hydrogen-bond acceptors (Lipinski definition) is 3. The van der Waals surface area contributed by atoms with E-state index in [-0.39, 0.29) is 12.0 Å². The molecule has 1 aliphatic rings. The van der Waals surface area contributed by atoms with Crippen molar-refractivity contribution in [1.82, 2.24) is 10.9 Å². The molecule has 92 valence electrons. The molecule has 2 rings (SSSR count). The third-order valence-electron chi connectivity index (χ3n) is 2.80. The number of aldehydes is 1. The van der Waals surface area contributed by atoms with Crippen LogP contribution in [0.1, 0.15) is 17.2 Å². The van der Waals surface area contributed by atoms with Crippen LogP contribution < -0.4 is 10.9 Å². The number of hydrazine groups is 1. The summed E-state index contributed by atoms with van der Waals surface area (Å²) in [5, 5.41) is 0. The van der Waals surface area contributed by atoms with Crippen molar-refractivity contribution in [2.24, 2.45) is 5.92 Å². The Morgan fingerprint density at radius 3 is 2.41 bits per heavy atom. The molecule has 0 bridgehead atoms. The van der Waals surface area contributed by atoms with Gasteiger partial charge in [-0.05, 0) is 17.7 Å². The highest BCUT2D eigenvalue weighted by atomic mass is 19.4. The molecule has 0 amide bonds.